The second-order valence-corrected chi connectivity index (χ2v) is 8.96. The van der Waals surface area contributed by atoms with Gasteiger partial charge in [-0.3, -0.25) is 24.7 Å². The van der Waals surface area contributed by atoms with Crippen LogP contribution in [0, 0.1) is 5.92 Å². The van der Waals surface area contributed by atoms with Crippen LogP contribution in [0.2, 0.25) is 0 Å². The number of carbonyl (C=O) groups excluding carboxylic acids is 3. The standard InChI is InChI=1S/C27H34N4O6/c1-4-37-21-10-6-5-9-20(21)29-24(32)17-31-25-19(8-7-14-28-25)26(33)30(27(31)34)15-13-18-11-12-22(35-2)23(16-18)36-3/h5-6,9-12,16,19,25,28H,4,7-8,13-15,17H2,1-3H3,(H,29,32). The van der Waals surface area contributed by atoms with Gasteiger partial charge in [0, 0.05) is 6.54 Å². The molecule has 0 saturated carbocycles. The number of hydrogen-bond donors (Lipinski definition) is 2. The number of piperidine rings is 1. The van der Waals surface area contributed by atoms with Gasteiger partial charge in [-0.1, -0.05) is 18.2 Å². The third-order valence-corrected chi connectivity index (χ3v) is 6.67. The van der Waals surface area contributed by atoms with Gasteiger partial charge in [-0.15, -0.1) is 0 Å². The number of methoxy groups -OCH3 is 2. The molecule has 2 aromatic rings. The molecule has 4 amide bonds. The molecule has 4 rings (SSSR count). The van der Waals surface area contributed by atoms with E-state index in [2.05, 4.69) is 10.6 Å². The predicted octanol–water partition coefficient (Wildman–Crippen LogP) is 2.87. The molecule has 10 nitrogen and oxygen atoms in total. The molecule has 0 bridgehead atoms. The Balaban J connectivity index is 1.50. The molecule has 2 aliphatic heterocycles. The zero-order valence-electron chi connectivity index (χ0n) is 21.5. The van der Waals surface area contributed by atoms with Gasteiger partial charge in [0.1, 0.15) is 12.3 Å². The largest absolute Gasteiger partial charge is 0.493 e. The molecule has 0 aliphatic carbocycles. The Kier molecular flexibility index (Phi) is 8.50. The van der Waals surface area contributed by atoms with Gasteiger partial charge in [0.2, 0.25) is 11.8 Å². The summed E-state index contributed by atoms with van der Waals surface area (Å²) in [4.78, 5) is 42.6. The van der Waals surface area contributed by atoms with Gasteiger partial charge in [0.15, 0.2) is 11.5 Å². The van der Waals surface area contributed by atoms with E-state index in [9.17, 15) is 14.4 Å². The molecule has 10 heteroatoms. The highest BCUT2D eigenvalue weighted by Crippen LogP contribution is 2.31. The van der Waals surface area contributed by atoms with E-state index in [0.29, 0.717) is 48.9 Å². The fraction of sp³-hybridized carbons (Fsp3) is 0.444. The van der Waals surface area contributed by atoms with Crippen LogP contribution in [0.4, 0.5) is 10.5 Å². The molecular formula is C27H34N4O6. The molecule has 2 saturated heterocycles. The first kappa shape index (κ1) is 26.3. The maximum Gasteiger partial charge on any atom is 0.328 e. The molecular weight excluding hydrogens is 476 g/mol. The minimum Gasteiger partial charge on any atom is -0.493 e. The van der Waals surface area contributed by atoms with Crippen molar-refractivity contribution in [1.29, 1.82) is 0 Å². The van der Waals surface area contributed by atoms with Crippen molar-refractivity contribution in [3.63, 3.8) is 0 Å². The zero-order chi connectivity index (χ0) is 26.4. The van der Waals surface area contributed by atoms with E-state index in [1.165, 1.54) is 9.80 Å². The minimum atomic E-state index is -0.515. The van der Waals surface area contributed by atoms with Crippen LogP contribution in [0.1, 0.15) is 25.3 Å². The van der Waals surface area contributed by atoms with Crippen molar-refractivity contribution >= 4 is 23.5 Å². The van der Waals surface area contributed by atoms with E-state index in [0.717, 1.165) is 12.0 Å². The van der Waals surface area contributed by atoms with Crippen molar-refractivity contribution in [2.24, 2.45) is 5.92 Å². The summed E-state index contributed by atoms with van der Waals surface area (Å²) in [6.45, 7) is 3.02. The number of imide groups is 1. The summed E-state index contributed by atoms with van der Waals surface area (Å²) in [6.07, 6.45) is 1.41. The number of urea groups is 1. The summed E-state index contributed by atoms with van der Waals surface area (Å²) in [5.41, 5.74) is 1.44. The van der Waals surface area contributed by atoms with Crippen LogP contribution in [-0.4, -0.2) is 74.3 Å². The van der Waals surface area contributed by atoms with Crippen LogP contribution >= 0.6 is 0 Å². The van der Waals surface area contributed by atoms with Crippen LogP contribution in [0.15, 0.2) is 42.5 Å². The number of benzene rings is 2. The minimum absolute atomic E-state index is 0.187. The van der Waals surface area contributed by atoms with Gasteiger partial charge in [0.05, 0.1) is 38.6 Å². The van der Waals surface area contributed by atoms with Crippen LogP contribution < -0.4 is 24.8 Å². The average molecular weight is 511 g/mol. The molecule has 2 heterocycles. The van der Waals surface area contributed by atoms with Crippen molar-refractivity contribution in [2.75, 3.05) is 45.8 Å². The molecule has 0 spiro atoms. The van der Waals surface area contributed by atoms with Gasteiger partial charge in [-0.05, 0) is 62.6 Å². The molecule has 2 atom stereocenters. The number of fused-ring (bicyclic) bond motifs is 1. The Morgan fingerprint density at radius 3 is 2.62 bits per heavy atom. The molecule has 2 aliphatic rings. The lowest BCUT2D eigenvalue weighted by Crippen LogP contribution is -2.68. The Bertz CT molecular complexity index is 1140. The summed E-state index contributed by atoms with van der Waals surface area (Å²) < 4.78 is 16.3. The van der Waals surface area contributed by atoms with E-state index in [1.54, 1.807) is 38.5 Å². The number of carbonyl (C=O) groups is 3. The molecule has 2 fully saturated rings. The van der Waals surface area contributed by atoms with E-state index >= 15 is 0 Å². The highest BCUT2D eigenvalue weighted by atomic mass is 16.5. The highest BCUT2D eigenvalue weighted by molar-refractivity contribution is 6.01. The zero-order valence-corrected chi connectivity index (χ0v) is 21.5. The number of hydrogen-bond acceptors (Lipinski definition) is 7. The Labute approximate surface area is 216 Å². The Hall–Kier alpha value is -3.79. The molecule has 0 radical (unpaired) electrons. The summed E-state index contributed by atoms with van der Waals surface area (Å²) in [6, 6.07) is 12.2. The van der Waals surface area contributed by atoms with E-state index < -0.39 is 18.1 Å². The van der Waals surface area contributed by atoms with Gasteiger partial charge >= 0.3 is 6.03 Å². The number of rotatable bonds is 10. The van der Waals surface area contributed by atoms with Crippen LogP contribution in [0.5, 0.6) is 17.2 Å². The fourth-order valence-electron chi connectivity index (χ4n) is 4.87. The maximum absolute atomic E-state index is 13.5. The number of nitrogens with one attached hydrogen (secondary N) is 2. The number of amides is 4. The third-order valence-electron chi connectivity index (χ3n) is 6.67. The van der Waals surface area contributed by atoms with Gasteiger partial charge in [-0.2, -0.15) is 0 Å². The van der Waals surface area contributed by atoms with Crippen molar-refractivity contribution in [2.45, 2.75) is 32.4 Å². The third kappa shape index (κ3) is 5.80. The normalized spacial score (nSPS) is 19.3. The molecule has 2 aromatic carbocycles. The SMILES string of the molecule is CCOc1ccccc1NC(=O)CN1C(=O)N(CCc2ccc(OC)c(OC)c2)C(=O)C2CCCNC21. The summed E-state index contributed by atoms with van der Waals surface area (Å²) >= 11 is 0. The second kappa shape index (κ2) is 12.0. The average Bonchev–Trinajstić information content (AvgIpc) is 2.92. The topological polar surface area (TPSA) is 109 Å². The number of ether oxygens (including phenoxy) is 3. The molecule has 198 valence electrons. The number of para-hydroxylation sites is 2. The Morgan fingerprint density at radius 2 is 1.86 bits per heavy atom. The van der Waals surface area contributed by atoms with E-state index in [4.69, 9.17) is 14.2 Å². The van der Waals surface area contributed by atoms with Crippen LogP contribution in [0.25, 0.3) is 0 Å². The summed E-state index contributed by atoms with van der Waals surface area (Å²) in [5, 5.41) is 6.13. The lowest BCUT2D eigenvalue weighted by Gasteiger charge is -2.46. The lowest BCUT2D eigenvalue weighted by molar-refractivity contribution is -0.142. The summed E-state index contributed by atoms with van der Waals surface area (Å²) in [7, 11) is 3.13. The molecule has 0 aromatic heterocycles. The van der Waals surface area contributed by atoms with Crippen molar-refractivity contribution < 1.29 is 28.6 Å². The molecule has 2 unspecified atom stereocenters. The van der Waals surface area contributed by atoms with Crippen LogP contribution in [-0.2, 0) is 16.0 Å². The van der Waals surface area contributed by atoms with Crippen LogP contribution in [0.3, 0.4) is 0 Å². The quantitative estimate of drug-likeness (QED) is 0.506. The van der Waals surface area contributed by atoms with Crippen molar-refractivity contribution in [3.8, 4) is 17.2 Å². The van der Waals surface area contributed by atoms with Gasteiger partial charge in [-0.25, -0.2) is 4.79 Å². The summed E-state index contributed by atoms with van der Waals surface area (Å²) in [5.74, 6) is 0.778. The lowest BCUT2D eigenvalue weighted by atomic mass is 9.91. The van der Waals surface area contributed by atoms with Gasteiger partial charge < -0.3 is 19.5 Å². The smallest absolute Gasteiger partial charge is 0.328 e. The van der Waals surface area contributed by atoms with Crippen molar-refractivity contribution in [3.05, 3.63) is 48.0 Å². The Morgan fingerprint density at radius 1 is 1.08 bits per heavy atom. The predicted molar refractivity (Wildman–Crippen MR) is 138 cm³/mol. The van der Waals surface area contributed by atoms with E-state index in [-0.39, 0.29) is 24.9 Å². The maximum atomic E-state index is 13.5. The monoisotopic (exact) mass is 510 g/mol. The van der Waals surface area contributed by atoms with Gasteiger partial charge in [0.25, 0.3) is 0 Å². The highest BCUT2D eigenvalue weighted by Gasteiger charge is 2.47. The second-order valence-electron chi connectivity index (χ2n) is 8.96. The molecule has 2 N–H and O–H groups in total. The first-order valence-electron chi connectivity index (χ1n) is 12.5. The van der Waals surface area contributed by atoms with Crippen molar-refractivity contribution in [1.82, 2.24) is 15.1 Å². The van der Waals surface area contributed by atoms with E-state index in [1.807, 2.05) is 25.1 Å². The number of nitrogens with zero attached hydrogens (tertiary/aromatic N) is 2. The fourth-order valence-corrected chi connectivity index (χ4v) is 4.87. The first-order chi connectivity index (χ1) is 18.0. The molecule has 37 heavy (non-hydrogen) atoms. The first-order valence-corrected chi connectivity index (χ1v) is 12.5. The number of anilines is 1.